The van der Waals surface area contributed by atoms with Crippen LogP contribution in [0.4, 0.5) is 27.6 Å². The third-order valence-corrected chi connectivity index (χ3v) is 5.75. The van der Waals surface area contributed by atoms with Crippen LogP contribution in [0.2, 0.25) is 0 Å². The van der Waals surface area contributed by atoms with E-state index in [-0.39, 0.29) is 6.54 Å². The van der Waals surface area contributed by atoms with Gasteiger partial charge in [0.15, 0.2) is 0 Å². The van der Waals surface area contributed by atoms with Crippen molar-refractivity contribution < 1.29 is 35.2 Å². The molecule has 0 heterocycles. The lowest BCUT2D eigenvalue weighted by Crippen LogP contribution is -2.24. The first kappa shape index (κ1) is 23.4. The largest absolute Gasteiger partial charge is 0.418 e. The molecule has 0 unspecified atom stereocenters. The van der Waals surface area contributed by atoms with E-state index in [0.29, 0.717) is 11.6 Å². The second-order valence-corrected chi connectivity index (χ2v) is 8.36. The lowest BCUT2D eigenvalue weighted by molar-refractivity contribution is -0.136. The summed E-state index contributed by atoms with van der Waals surface area (Å²) in [7, 11) is -4.22. The lowest BCUT2D eigenvalue weighted by atomic mass is 10.1. The number of carbonyl (C=O) groups excluding carboxylic acids is 1. The summed E-state index contributed by atoms with van der Waals surface area (Å²) in [5.74, 6) is -2.88. The summed E-state index contributed by atoms with van der Waals surface area (Å²) in [4.78, 5) is 12.0. The van der Waals surface area contributed by atoms with Crippen LogP contribution in [0, 0.1) is 11.6 Å². The molecule has 0 aromatic heterocycles. The van der Waals surface area contributed by atoms with E-state index in [2.05, 4.69) is 4.72 Å². The second kappa shape index (κ2) is 9.05. The molecular formula is C21H15F5N2O3S. The molecule has 3 rings (SSSR count). The van der Waals surface area contributed by atoms with Crippen LogP contribution >= 0.6 is 0 Å². The molecule has 32 heavy (non-hydrogen) atoms. The van der Waals surface area contributed by atoms with Crippen molar-refractivity contribution in [2.45, 2.75) is 17.6 Å². The third-order valence-electron chi connectivity index (χ3n) is 4.35. The number of rotatable bonds is 6. The highest BCUT2D eigenvalue weighted by molar-refractivity contribution is 7.89. The molecule has 0 saturated carbocycles. The summed E-state index contributed by atoms with van der Waals surface area (Å²) in [6.45, 7) is -0.208. The molecule has 0 bridgehead atoms. The number of benzene rings is 3. The molecule has 168 valence electrons. The first-order valence-electron chi connectivity index (χ1n) is 8.98. The fourth-order valence-corrected chi connectivity index (χ4v) is 3.78. The van der Waals surface area contributed by atoms with Gasteiger partial charge in [-0.3, -0.25) is 4.79 Å². The van der Waals surface area contributed by atoms with Crippen LogP contribution in [-0.4, -0.2) is 14.3 Å². The van der Waals surface area contributed by atoms with Crippen LogP contribution in [0.1, 0.15) is 21.5 Å². The molecule has 3 aromatic carbocycles. The van der Waals surface area contributed by atoms with Crippen molar-refractivity contribution in [2.24, 2.45) is 0 Å². The van der Waals surface area contributed by atoms with Crippen molar-refractivity contribution in [1.82, 2.24) is 4.72 Å². The summed E-state index contributed by atoms with van der Waals surface area (Å²) in [5, 5.41) is 1.97. The van der Waals surface area contributed by atoms with E-state index in [0.717, 1.165) is 42.5 Å². The van der Waals surface area contributed by atoms with E-state index < -0.39 is 55.5 Å². The Kier molecular flexibility index (Phi) is 6.60. The minimum absolute atomic E-state index is 0.208. The quantitative estimate of drug-likeness (QED) is 0.513. The fourth-order valence-electron chi connectivity index (χ4n) is 2.74. The minimum Gasteiger partial charge on any atom is -0.321 e. The van der Waals surface area contributed by atoms with Crippen molar-refractivity contribution in [1.29, 1.82) is 0 Å². The number of anilines is 1. The van der Waals surface area contributed by atoms with Crippen LogP contribution < -0.4 is 10.0 Å². The number of amides is 1. The number of carbonyl (C=O) groups is 1. The van der Waals surface area contributed by atoms with Gasteiger partial charge in [0.1, 0.15) is 11.6 Å². The topological polar surface area (TPSA) is 75.3 Å². The highest BCUT2D eigenvalue weighted by Gasteiger charge is 2.33. The predicted octanol–water partition coefficient (Wildman–Crippen LogP) is 4.71. The lowest BCUT2D eigenvalue weighted by Gasteiger charge is -2.14. The Balaban J connectivity index is 1.84. The molecular weight excluding hydrogens is 455 g/mol. The molecule has 0 aliphatic rings. The van der Waals surface area contributed by atoms with Crippen molar-refractivity contribution in [3.05, 3.63) is 95.1 Å². The van der Waals surface area contributed by atoms with Crippen LogP contribution in [0.5, 0.6) is 0 Å². The van der Waals surface area contributed by atoms with E-state index >= 15 is 0 Å². The molecule has 11 heteroatoms. The number of para-hydroxylation sites is 1. The van der Waals surface area contributed by atoms with E-state index in [1.54, 1.807) is 0 Å². The maximum absolute atomic E-state index is 14.2. The summed E-state index contributed by atoms with van der Waals surface area (Å²) < 4.78 is 93.7. The van der Waals surface area contributed by atoms with Gasteiger partial charge in [0.25, 0.3) is 5.91 Å². The highest BCUT2D eigenvalue weighted by atomic mass is 32.2. The molecule has 0 saturated heterocycles. The van der Waals surface area contributed by atoms with Crippen LogP contribution in [0.25, 0.3) is 0 Å². The predicted molar refractivity (Wildman–Crippen MR) is 106 cm³/mol. The van der Waals surface area contributed by atoms with Gasteiger partial charge >= 0.3 is 6.18 Å². The summed E-state index contributed by atoms with van der Waals surface area (Å²) >= 11 is 0. The zero-order chi connectivity index (χ0) is 23.5. The molecule has 0 spiro atoms. The SMILES string of the molecule is O=C(Nc1ccccc1C(F)(F)F)c1cc(S(=O)(=O)NCc2ccc(F)cc2)ccc1F. The van der Waals surface area contributed by atoms with Gasteiger partial charge in [-0.05, 0) is 48.0 Å². The van der Waals surface area contributed by atoms with E-state index in [4.69, 9.17) is 0 Å². The van der Waals surface area contributed by atoms with Crippen LogP contribution in [0.3, 0.4) is 0 Å². The number of sulfonamides is 1. The number of hydrogen-bond acceptors (Lipinski definition) is 3. The zero-order valence-corrected chi connectivity index (χ0v) is 16.9. The summed E-state index contributed by atoms with van der Waals surface area (Å²) in [6, 6.07) is 11.5. The minimum atomic E-state index is -4.77. The number of halogens is 5. The van der Waals surface area contributed by atoms with Crippen LogP contribution in [-0.2, 0) is 22.7 Å². The molecule has 1 amide bonds. The molecule has 0 atom stereocenters. The smallest absolute Gasteiger partial charge is 0.321 e. The Bertz CT molecular complexity index is 1240. The monoisotopic (exact) mass is 470 g/mol. The summed E-state index contributed by atoms with van der Waals surface area (Å²) in [6.07, 6.45) is -4.77. The first-order valence-corrected chi connectivity index (χ1v) is 10.5. The molecule has 0 aliphatic carbocycles. The highest BCUT2D eigenvalue weighted by Crippen LogP contribution is 2.34. The molecule has 2 N–H and O–H groups in total. The standard InChI is InChI=1S/C21H15F5N2O3S/c22-14-7-5-13(6-8-14)12-27-32(30,31)15-9-10-18(23)16(11-15)20(29)28-19-4-2-1-3-17(19)21(24,25)26/h1-11,27H,12H2,(H,28,29). The van der Waals surface area contributed by atoms with Gasteiger partial charge < -0.3 is 5.32 Å². The maximum atomic E-state index is 14.2. The van der Waals surface area contributed by atoms with Crippen molar-refractivity contribution in [3.63, 3.8) is 0 Å². The third kappa shape index (κ3) is 5.48. The van der Waals surface area contributed by atoms with Crippen LogP contribution in [0.15, 0.2) is 71.6 Å². The number of alkyl halides is 3. The Hall–Kier alpha value is -3.31. The Morgan fingerprint density at radius 1 is 0.906 bits per heavy atom. The van der Waals surface area contributed by atoms with Gasteiger partial charge in [0.2, 0.25) is 10.0 Å². The second-order valence-electron chi connectivity index (χ2n) is 6.59. The number of nitrogens with one attached hydrogen (secondary N) is 2. The fraction of sp³-hybridized carbons (Fsp3) is 0.0952. The van der Waals surface area contributed by atoms with Gasteiger partial charge in [0.05, 0.1) is 21.7 Å². The van der Waals surface area contributed by atoms with E-state index in [1.807, 2.05) is 5.32 Å². The van der Waals surface area contributed by atoms with Crippen molar-refractivity contribution in [2.75, 3.05) is 5.32 Å². The average Bonchev–Trinajstić information content (AvgIpc) is 2.73. The van der Waals surface area contributed by atoms with Gasteiger partial charge in [-0.1, -0.05) is 24.3 Å². The zero-order valence-electron chi connectivity index (χ0n) is 16.1. The Morgan fingerprint density at radius 2 is 1.56 bits per heavy atom. The first-order chi connectivity index (χ1) is 15.0. The molecule has 3 aromatic rings. The maximum Gasteiger partial charge on any atom is 0.418 e. The Labute approximate surface area is 179 Å². The van der Waals surface area contributed by atoms with Gasteiger partial charge in [-0.15, -0.1) is 0 Å². The molecule has 0 aliphatic heterocycles. The summed E-state index contributed by atoms with van der Waals surface area (Å²) in [5.41, 5.74) is -2.06. The van der Waals surface area contributed by atoms with Gasteiger partial charge in [-0.2, -0.15) is 13.2 Å². The Morgan fingerprint density at radius 3 is 2.22 bits per heavy atom. The van der Waals surface area contributed by atoms with Crippen molar-refractivity contribution in [3.8, 4) is 0 Å². The molecule has 5 nitrogen and oxygen atoms in total. The molecule has 0 radical (unpaired) electrons. The molecule has 0 fully saturated rings. The number of hydrogen-bond donors (Lipinski definition) is 2. The normalized spacial score (nSPS) is 11.9. The van der Waals surface area contributed by atoms with E-state index in [1.165, 1.54) is 18.2 Å². The average molecular weight is 470 g/mol. The van der Waals surface area contributed by atoms with Crippen molar-refractivity contribution >= 4 is 21.6 Å². The van der Waals surface area contributed by atoms with Gasteiger partial charge in [0, 0.05) is 6.54 Å². The van der Waals surface area contributed by atoms with Gasteiger partial charge in [-0.25, -0.2) is 21.9 Å². The van der Waals surface area contributed by atoms with E-state index in [9.17, 15) is 35.2 Å².